The van der Waals surface area contributed by atoms with Crippen LogP contribution >= 0.6 is 22.6 Å². The first-order valence-electron chi connectivity index (χ1n) is 13.0. The largest absolute Gasteiger partial charge is 0.469 e. The molecule has 0 bridgehead atoms. The second-order valence-electron chi connectivity index (χ2n) is 9.83. The lowest BCUT2D eigenvalue weighted by atomic mass is 9.88. The van der Waals surface area contributed by atoms with Crippen LogP contribution in [0.25, 0.3) is 0 Å². The summed E-state index contributed by atoms with van der Waals surface area (Å²) in [4.78, 5) is 11.4. The van der Waals surface area contributed by atoms with Crippen LogP contribution in [-0.4, -0.2) is 60.6 Å². The Morgan fingerprint density at radius 1 is 1.21 bits per heavy atom. The first-order valence-corrected chi connectivity index (χ1v) is 14.3. The monoisotopic (exact) mass is 598 g/mol. The van der Waals surface area contributed by atoms with Crippen LogP contribution < -0.4 is 0 Å². The molecule has 3 rings (SSSR count). The quantitative estimate of drug-likeness (QED) is 0.108. The van der Waals surface area contributed by atoms with Gasteiger partial charge in [-0.2, -0.15) is 0 Å². The zero-order valence-corrected chi connectivity index (χ0v) is 22.7. The predicted molar refractivity (Wildman–Crippen MR) is 135 cm³/mol. The van der Waals surface area contributed by atoms with Gasteiger partial charge in [-0.05, 0) is 57.3 Å². The Morgan fingerprint density at radius 2 is 2.03 bits per heavy atom. The van der Waals surface area contributed by atoms with E-state index in [2.05, 4.69) is 34.3 Å². The van der Waals surface area contributed by atoms with Crippen LogP contribution in [0.2, 0.25) is 0 Å². The van der Waals surface area contributed by atoms with Crippen molar-refractivity contribution < 1.29 is 32.5 Å². The van der Waals surface area contributed by atoms with Crippen molar-refractivity contribution in [2.24, 2.45) is 11.8 Å². The summed E-state index contributed by atoms with van der Waals surface area (Å²) in [7, 11) is 1.38. The maximum Gasteiger partial charge on any atom is 0.305 e. The summed E-state index contributed by atoms with van der Waals surface area (Å²) in [6.45, 7) is 2.70. The van der Waals surface area contributed by atoms with Crippen molar-refractivity contribution in [3.63, 3.8) is 0 Å². The smallest absolute Gasteiger partial charge is 0.305 e. The Hall–Kier alpha value is -0.320. The number of allylic oxidation sites excluding steroid dienone is 1. The van der Waals surface area contributed by atoms with E-state index in [4.69, 9.17) is 14.2 Å². The summed E-state index contributed by atoms with van der Waals surface area (Å²) in [6, 6.07) is 0. The highest BCUT2D eigenvalue weighted by Gasteiger charge is 2.52. The van der Waals surface area contributed by atoms with Gasteiger partial charge in [0.05, 0.1) is 13.2 Å². The van der Waals surface area contributed by atoms with E-state index >= 15 is 8.78 Å². The summed E-state index contributed by atoms with van der Waals surface area (Å²) in [5.41, 5.74) is 0. The van der Waals surface area contributed by atoms with E-state index in [1.54, 1.807) is 0 Å². The molecule has 5 nitrogen and oxygen atoms in total. The maximum atomic E-state index is 15.5. The van der Waals surface area contributed by atoms with Crippen LogP contribution in [0.15, 0.2) is 12.2 Å². The predicted octanol–water partition coefficient (Wildman–Crippen LogP) is 6.26. The lowest BCUT2D eigenvalue weighted by Crippen LogP contribution is -2.33. The van der Waals surface area contributed by atoms with Gasteiger partial charge in [0.2, 0.25) is 0 Å². The lowest BCUT2D eigenvalue weighted by molar-refractivity contribution is -0.189. The fourth-order valence-electron chi connectivity index (χ4n) is 5.39. The van der Waals surface area contributed by atoms with Crippen molar-refractivity contribution in [2.45, 2.75) is 118 Å². The molecule has 0 aromatic heterocycles. The zero-order valence-electron chi connectivity index (χ0n) is 20.5. The van der Waals surface area contributed by atoms with Gasteiger partial charge in [0.1, 0.15) is 24.6 Å². The van der Waals surface area contributed by atoms with Crippen molar-refractivity contribution in [2.75, 3.05) is 13.7 Å². The van der Waals surface area contributed by atoms with Crippen LogP contribution in [0.5, 0.6) is 0 Å². The van der Waals surface area contributed by atoms with Crippen molar-refractivity contribution in [1.82, 2.24) is 0 Å². The standard InChI is InChI=1S/C26H41F2IO5/c1-3-4-8-18(27)20(33-23-11-5-6-16-32-23)14-12-17-13-15-21-24(17)25(28)26(34-21)19(29)9-7-10-22(30)31-2/h12,14,17-21,23-26H,3-11,13,15-16H2,1-2H3/b14-12+/t17-,18+,19?,20+,21-,23?,24+,25?,26?/m0/s1. The van der Waals surface area contributed by atoms with Crippen LogP contribution in [-0.2, 0) is 23.7 Å². The van der Waals surface area contributed by atoms with E-state index < -0.39 is 24.6 Å². The Morgan fingerprint density at radius 3 is 2.74 bits per heavy atom. The van der Waals surface area contributed by atoms with Crippen LogP contribution in [0.3, 0.4) is 0 Å². The molecule has 3 aliphatic rings. The number of carbonyl (C=O) groups excluding carboxylic acids is 1. The van der Waals surface area contributed by atoms with Gasteiger partial charge in [-0.15, -0.1) is 0 Å². The molecule has 1 saturated carbocycles. The normalized spacial score (nSPS) is 34.1. The molecule has 4 unspecified atom stereocenters. The molecule has 0 N–H and O–H groups in total. The van der Waals surface area contributed by atoms with Crippen molar-refractivity contribution in [3.05, 3.63) is 12.2 Å². The molecule has 34 heavy (non-hydrogen) atoms. The van der Waals surface area contributed by atoms with E-state index in [1.165, 1.54) is 7.11 Å². The maximum absolute atomic E-state index is 15.5. The summed E-state index contributed by atoms with van der Waals surface area (Å²) >= 11 is 2.25. The molecule has 1 aliphatic carbocycles. The highest BCUT2D eigenvalue weighted by Crippen LogP contribution is 2.47. The Labute approximate surface area is 216 Å². The van der Waals surface area contributed by atoms with Gasteiger partial charge in [-0.25, -0.2) is 8.78 Å². The lowest BCUT2D eigenvalue weighted by Gasteiger charge is -2.28. The molecule has 2 heterocycles. The van der Waals surface area contributed by atoms with E-state index in [1.807, 2.05) is 12.2 Å². The summed E-state index contributed by atoms with van der Waals surface area (Å²) < 4.78 is 53.1. The number of ether oxygens (including phenoxy) is 4. The number of rotatable bonds is 13. The highest BCUT2D eigenvalue weighted by molar-refractivity contribution is 14.1. The second kappa shape index (κ2) is 14.4. The Bertz CT molecular complexity index is 645. The number of alkyl halides is 3. The number of methoxy groups -OCH3 is 1. The van der Waals surface area contributed by atoms with E-state index in [0.29, 0.717) is 32.3 Å². The third-order valence-electron chi connectivity index (χ3n) is 7.35. The molecule has 0 amide bonds. The molecule has 0 aromatic carbocycles. The van der Waals surface area contributed by atoms with E-state index in [9.17, 15) is 4.79 Å². The molecular weight excluding hydrogens is 557 g/mol. The van der Waals surface area contributed by atoms with Crippen molar-refractivity contribution in [1.29, 1.82) is 0 Å². The van der Waals surface area contributed by atoms with Crippen LogP contribution in [0.4, 0.5) is 8.78 Å². The Kier molecular flexibility index (Phi) is 12.0. The van der Waals surface area contributed by atoms with Crippen molar-refractivity contribution in [3.8, 4) is 0 Å². The average molecular weight is 599 g/mol. The number of carbonyl (C=O) groups is 1. The van der Waals surface area contributed by atoms with Gasteiger partial charge in [-0.3, -0.25) is 4.79 Å². The average Bonchev–Trinajstić information content (AvgIpc) is 3.40. The molecule has 3 fully saturated rings. The number of hydrogen-bond acceptors (Lipinski definition) is 5. The fraction of sp³-hybridized carbons (Fsp3) is 0.885. The van der Waals surface area contributed by atoms with E-state index in [0.717, 1.165) is 44.9 Å². The summed E-state index contributed by atoms with van der Waals surface area (Å²) in [6.07, 6.45) is 8.42. The van der Waals surface area contributed by atoms with Crippen molar-refractivity contribution >= 4 is 28.6 Å². The van der Waals surface area contributed by atoms with Crippen LogP contribution in [0.1, 0.15) is 77.6 Å². The minimum absolute atomic E-state index is 0.00344. The molecule has 9 atom stereocenters. The molecule has 2 saturated heterocycles. The third kappa shape index (κ3) is 7.84. The summed E-state index contributed by atoms with van der Waals surface area (Å²) in [5.74, 6) is -0.435. The molecule has 0 aromatic rings. The molecule has 0 spiro atoms. The number of esters is 1. The molecular formula is C26H41F2IO5. The van der Waals surface area contributed by atoms with Gasteiger partial charge in [0, 0.05) is 22.9 Å². The first kappa shape index (κ1) is 28.3. The number of fused-ring (bicyclic) bond motifs is 1. The van der Waals surface area contributed by atoms with Gasteiger partial charge in [-0.1, -0.05) is 54.5 Å². The van der Waals surface area contributed by atoms with Gasteiger partial charge in [0.15, 0.2) is 6.29 Å². The molecule has 8 heteroatoms. The van der Waals surface area contributed by atoms with Gasteiger partial charge < -0.3 is 18.9 Å². The number of unbranched alkanes of at least 4 members (excludes halogenated alkanes) is 1. The van der Waals surface area contributed by atoms with E-state index in [-0.39, 0.29) is 34.1 Å². The molecule has 0 radical (unpaired) electrons. The number of halogens is 3. The fourth-order valence-corrected chi connectivity index (χ4v) is 6.40. The first-order chi connectivity index (χ1) is 16.4. The molecule has 196 valence electrons. The highest BCUT2D eigenvalue weighted by atomic mass is 127. The van der Waals surface area contributed by atoms with Gasteiger partial charge in [0.25, 0.3) is 0 Å². The minimum atomic E-state index is -1.10. The Balaban J connectivity index is 1.58. The van der Waals surface area contributed by atoms with Gasteiger partial charge >= 0.3 is 5.97 Å². The SMILES string of the molecule is CCCC[C@@H](F)[C@@H](/C=C/[C@H]1CC[C@@H]2OC(C(I)CCCC(=O)OC)C(F)[C@@H]21)OC1CCCCO1. The zero-order chi connectivity index (χ0) is 24.5. The van der Waals surface area contributed by atoms with Crippen LogP contribution in [0, 0.1) is 11.8 Å². The molecule has 2 aliphatic heterocycles. The summed E-state index contributed by atoms with van der Waals surface area (Å²) in [5, 5.41) is 0. The second-order valence-corrected chi connectivity index (χ2v) is 11.4. The minimum Gasteiger partial charge on any atom is -0.469 e. The number of hydrogen-bond donors (Lipinski definition) is 0. The topological polar surface area (TPSA) is 54.0 Å². The third-order valence-corrected chi connectivity index (χ3v) is 8.68.